The van der Waals surface area contributed by atoms with E-state index in [1.54, 1.807) is 42.3 Å². The second-order valence-electron chi connectivity index (χ2n) is 7.42. The monoisotopic (exact) mass is 436 g/mol. The van der Waals surface area contributed by atoms with Crippen LogP contribution in [0.2, 0.25) is 5.02 Å². The summed E-state index contributed by atoms with van der Waals surface area (Å²) in [7, 11) is 1.74. The molecular weight excluding hydrogens is 412 g/mol. The SMILES string of the molecule is CC(C)N(C)C(=O)c1ccc(Cl)c(NC(=O)C(Oc2ccccc2)c2ccccc2)c1. The fourth-order valence-electron chi connectivity index (χ4n) is 2.93. The van der Waals surface area contributed by atoms with E-state index in [9.17, 15) is 9.59 Å². The third-order valence-electron chi connectivity index (χ3n) is 4.90. The number of nitrogens with one attached hydrogen (secondary N) is 1. The van der Waals surface area contributed by atoms with E-state index >= 15 is 0 Å². The second kappa shape index (κ2) is 10.1. The highest BCUT2D eigenvalue weighted by molar-refractivity contribution is 6.34. The number of anilines is 1. The molecule has 0 bridgehead atoms. The van der Waals surface area contributed by atoms with Crippen LogP contribution in [0, 0.1) is 0 Å². The van der Waals surface area contributed by atoms with Crippen molar-refractivity contribution >= 4 is 29.1 Å². The third-order valence-corrected chi connectivity index (χ3v) is 5.23. The van der Waals surface area contributed by atoms with Crippen molar-refractivity contribution in [2.75, 3.05) is 12.4 Å². The molecule has 0 heterocycles. The molecule has 0 aliphatic heterocycles. The van der Waals surface area contributed by atoms with Gasteiger partial charge in [0.15, 0.2) is 0 Å². The minimum atomic E-state index is -0.891. The van der Waals surface area contributed by atoms with Crippen LogP contribution in [0.4, 0.5) is 5.69 Å². The summed E-state index contributed by atoms with van der Waals surface area (Å²) in [5, 5.41) is 3.16. The summed E-state index contributed by atoms with van der Waals surface area (Å²) in [5.74, 6) is 0.0289. The minimum absolute atomic E-state index is 0.0444. The molecule has 0 radical (unpaired) electrons. The number of benzene rings is 3. The van der Waals surface area contributed by atoms with Gasteiger partial charge in [-0.2, -0.15) is 0 Å². The first-order valence-corrected chi connectivity index (χ1v) is 10.4. The molecule has 0 aliphatic rings. The molecule has 0 saturated carbocycles. The number of rotatable bonds is 7. The van der Waals surface area contributed by atoms with Gasteiger partial charge in [0.05, 0.1) is 10.7 Å². The molecule has 1 unspecified atom stereocenters. The molecule has 0 aliphatic carbocycles. The number of hydrogen-bond acceptors (Lipinski definition) is 3. The predicted molar refractivity (Wildman–Crippen MR) is 124 cm³/mol. The van der Waals surface area contributed by atoms with Crippen molar-refractivity contribution in [1.82, 2.24) is 4.90 Å². The van der Waals surface area contributed by atoms with Crippen LogP contribution in [0.3, 0.4) is 0 Å². The first kappa shape index (κ1) is 22.4. The van der Waals surface area contributed by atoms with Gasteiger partial charge in [-0.3, -0.25) is 9.59 Å². The number of amides is 2. The van der Waals surface area contributed by atoms with Gasteiger partial charge >= 0.3 is 0 Å². The van der Waals surface area contributed by atoms with Gasteiger partial charge in [0.25, 0.3) is 11.8 Å². The van der Waals surface area contributed by atoms with Gasteiger partial charge in [-0.15, -0.1) is 0 Å². The van der Waals surface area contributed by atoms with Gasteiger partial charge < -0.3 is 15.0 Å². The van der Waals surface area contributed by atoms with E-state index in [0.29, 0.717) is 27.6 Å². The molecule has 2 amide bonds. The first-order valence-electron chi connectivity index (χ1n) is 10.0. The molecule has 31 heavy (non-hydrogen) atoms. The van der Waals surface area contributed by atoms with Crippen molar-refractivity contribution < 1.29 is 14.3 Å². The van der Waals surface area contributed by atoms with Gasteiger partial charge in [-0.25, -0.2) is 0 Å². The van der Waals surface area contributed by atoms with Crippen molar-refractivity contribution in [3.63, 3.8) is 0 Å². The Hall–Kier alpha value is -3.31. The molecule has 0 saturated heterocycles. The van der Waals surface area contributed by atoms with Crippen LogP contribution < -0.4 is 10.1 Å². The Balaban J connectivity index is 1.87. The largest absolute Gasteiger partial charge is 0.476 e. The summed E-state index contributed by atoms with van der Waals surface area (Å²) < 4.78 is 5.99. The minimum Gasteiger partial charge on any atom is -0.476 e. The van der Waals surface area contributed by atoms with E-state index < -0.39 is 12.0 Å². The highest BCUT2D eigenvalue weighted by atomic mass is 35.5. The van der Waals surface area contributed by atoms with Crippen molar-refractivity contribution in [3.8, 4) is 5.75 Å². The number of carbonyl (C=O) groups is 2. The topological polar surface area (TPSA) is 58.6 Å². The maximum atomic E-state index is 13.2. The normalized spacial score (nSPS) is 11.6. The average molecular weight is 437 g/mol. The van der Waals surface area contributed by atoms with Crippen molar-refractivity contribution in [2.45, 2.75) is 26.0 Å². The molecule has 160 valence electrons. The first-order chi connectivity index (χ1) is 14.9. The molecule has 0 fully saturated rings. The quantitative estimate of drug-likeness (QED) is 0.526. The maximum absolute atomic E-state index is 13.2. The van der Waals surface area contributed by atoms with Gasteiger partial charge in [-0.1, -0.05) is 60.1 Å². The molecule has 1 atom stereocenters. The van der Waals surface area contributed by atoms with Crippen LogP contribution in [-0.4, -0.2) is 29.8 Å². The summed E-state index contributed by atoms with van der Waals surface area (Å²) in [5.41, 5.74) is 1.50. The maximum Gasteiger partial charge on any atom is 0.270 e. The van der Waals surface area contributed by atoms with E-state index in [2.05, 4.69) is 5.32 Å². The van der Waals surface area contributed by atoms with Crippen LogP contribution in [-0.2, 0) is 4.79 Å². The van der Waals surface area contributed by atoms with Crippen LogP contribution in [0.15, 0.2) is 78.9 Å². The zero-order chi connectivity index (χ0) is 22.4. The van der Waals surface area contributed by atoms with Crippen LogP contribution >= 0.6 is 11.6 Å². The Morgan fingerprint density at radius 1 is 0.935 bits per heavy atom. The van der Waals surface area contributed by atoms with Crippen molar-refractivity contribution in [1.29, 1.82) is 0 Å². The third kappa shape index (κ3) is 5.64. The van der Waals surface area contributed by atoms with Gasteiger partial charge in [0.1, 0.15) is 5.75 Å². The van der Waals surface area contributed by atoms with E-state index in [-0.39, 0.29) is 11.9 Å². The predicted octanol–water partition coefficient (Wildman–Crippen LogP) is 5.58. The Kier molecular flexibility index (Phi) is 7.32. The molecular formula is C25H25ClN2O3. The van der Waals surface area contributed by atoms with Crippen LogP contribution in [0.5, 0.6) is 5.75 Å². The lowest BCUT2D eigenvalue weighted by Crippen LogP contribution is -2.33. The van der Waals surface area contributed by atoms with Gasteiger partial charge in [0, 0.05) is 24.2 Å². The van der Waals surface area contributed by atoms with E-state index in [0.717, 1.165) is 0 Å². The Bertz CT molecular complexity index is 1040. The molecule has 0 aromatic heterocycles. The lowest BCUT2D eigenvalue weighted by molar-refractivity contribution is -0.123. The number of para-hydroxylation sites is 1. The van der Waals surface area contributed by atoms with Crippen molar-refractivity contribution in [3.05, 3.63) is 95.0 Å². The molecule has 3 aromatic carbocycles. The summed E-state index contributed by atoms with van der Waals surface area (Å²) >= 11 is 6.32. The van der Waals surface area contributed by atoms with Gasteiger partial charge in [-0.05, 0) is 44.2 Å². The Morgan fingerprint density at radius 3 is 2.16 bits per heavy atom. The molecule has 3 aromatic rings. The second-order valence-corrected chi connectivity index (χ2v) is 7.82. The summed E-state index contributed by atoms with van der Waals surface area (Å²) in [4.78, 5) is 27.5. The van der Waals surface area contributed by atoms with E-state index in [1.165, 1.54) is 0 Å². The number of carbonyl (C=O) groups excluding carboxylic acids is 2. The van der Waals surface area contributed by atoms with Crippen LogP contribution in [0.25, 0.3) is 0 Å². The number of nitrogens with zero attached hydrogens (tertiary/aromatic N) is 1. The highest BCUT2D eigenvalue weighted by Gasteiger charge is 2.24. The van der Waals surface area contributed by atoms with E-state index in [1.807, 2.05) is 62.4 Å². The summed E-state index contributed by atoms with van der Waals surface area (Å²) in [6, 6.07) is 23.2. The number of halogens is 1. The molecule has 0 spiro atoms. The summed E-state index contributed by atoms with van der Waals surface area (Å²) in [6.07, 6.45) is -0.891. The fraction of sp³-hybridized carbons (Fsp3) is 0.200. The zero-order valence-corrected chi connectivity index (χ0v) is 18.5. The molecule has 1 N–H and O–H groups in total. The van der Waals surface area contributed by atoms with Gasteiger partial charge in [0.2, 0.25) is 6.10 Å². The number of ether oxygens (including phenoxy) is 1. The average Bonchev–Trinajstić information content (AvgIpc) is 2.79. The standard InChI is InChI=1S/C25H25ClN2O3/c1-17(2)28(3)25(30)19-14-15-21(26)22(16-19)27-24(29)23(18-10-6-4-7-11-18)31-20-12-8-5-9-13-20/h4-17,23H,1-3H3,(H,27,29). The molecule has 3 rings (SSSR count). The highest BCUT2D eigenvalue weighted by Crippen LogP contribution is 2.28. The Labute approximate surface area is 187 Å². The Morgan fingerprint density at radius 2 is 1.55 bits per heavy atom. The lowest BCUT2D eigenvalue weighted by atomic mass is 10.1. The lowest BCUT2D eigenvalue weighted by Gasteiger charge is -2.22. The van der Waals surface area contributed by atoms with E-state index in [4.69, 9.17) is 16.3 Å². The molecule has 5 nitrogen and oxygen atoms in total. The summed E-state index contributed by atoms with van der Waals surface area (Å²) in [6.45, 7) is 3.86. The zero-order valence-electron chi connectivity index (χ0n) is 17.7. The smallest absolute Gasteiger partial charge is 0.270 e. The van der Waals surface area contributed by atoms with Crippen molar-refractivity contribution in [2.24, 2.45) is 0 Å². The molecule has 6 heteroatoms. The van der Waals surface area contributed by atoms with Crippen LogP contribution in [0.1, 0.15) is 35.9 Å². The fourth-order valence-corrected chi connectivity index (χ4v) is 3.09. The number of hydrogen-bond donors (Lipinski definition) is 1.